The molecule has 0 atom stereocenters. The maximum absolute atomic E-state index is 5.61. The summed E-state index contributed by atoms with van der Waals surface area (Å²) in [5, 5.41) is 0. The van der Waals surface area contributed by atoms with Crippen molar-refractivity contribution < 1.29 is 0 Å². The van der Waals surface area contributed by atoms with Crippen LogP contribution in [0.3, 0.4) is 0 Å². The van der Waals surface area contributed by atoms with Gasteiger partial charge in [0, 0.05) is 18.3 Å². The lowest BCUT2D eigenvalue weighted by Gasteiger charge is -2.15. The van der Waals surface area contributed by atoms with Crippen LogP contribution in [0, 0.1) is 5.92 Å². The van der Waals surface area contributed by atoms with Crippen LogP contribution < -0.4 is 5.73 Å². The van der Waals surface area contributed by atoms with Crippen molar-refractivity contribution in [2.24, 2.45) is 5.92 Å². The molecule has 0 aliphatic rings. The Morgan fingerprint density at radius 3 is 2.61 bits per heavy atom. The second kappa shape index (κ2) is 5.67. The van der Waals surface area contributed by atoms with Crippen molar-refractivity contribution in [3.63, 3.8) is 0 Å². The predicted octanol–water partition coefficient (Wildman–Crippen LogP) is 2.96. The first-order chi connectivity index (χ1) is 8.74. The molecule has 2 N–H and O–H groups in total. The highest BCUT2D eigenvalue weighted by Gasteiger charge is 2.09. The molecule has 4 nitrogen and oxygen atoms in total. The standard InChI is InChI=1S/C14H20N4/c1-3-11(4-2)9-18-10-16-8-13(18)12-5-6-14(15)17-7-12/h5-8,10-11H,3-4,9H2,1-2H3,(H2,15,17). The zero-order valence-electron chi connectivity index (χ0n) is 11.0. The molecule has 4 heteroatoms. The van der Waals surface area contributed by atoms with E-state index in [1.807, 2.05) is 24.7 Å². The quantitative estimate of drug-likeness (QED) is 0.879. The Morgan fingerprint density at radius 1 is 1.22 bits per heavy atom. The van der Waals surface area contributed by atoms with Crippen molar-refractivity contribution >= 4 is 5.82 Å². The molecule has 0 aromatic carbocycles. The van der Waals surface area contributed by atoms with Gasteiger partial charge in [-0.25, -0.2) is 9.97 Å². The third-order valence-electron chi connectivity index (χ3n) is 3.40. The molecule has 18 heavy (non-hydrogen) atoms. The second-order valence-corrected chi connectivity index (χ2v) is 4.59. The fourth-order valence-corrected chi connectivity index (χ4v) is 2.09. The van der Waals surface area contributed by atoms with Gasteiger partial charge in [-0.1, -0.05) is 26.7 Å². The number of aromatic nitrogens is 3. The predicted molar refractivity (Wildman–Crippen MR) is 73.9 cm³/mol. The monoisotopic (exact) mass is 244 g/mol. The van der Waals surface area contributed by atoms with E-state index in [-0.39, 0.29) is 0 Å². The smallest absolute Gasteiger partial charge is 0.123 e. The average Bonchev–Trinajstić information content (AvgIpc) is 2.85. The summed E-state index contributed by atoms with van der Waals surface area (Å²) >= 11 is 0. The molecule has 2 heterocycles. The van der Waals surface area contributed by atoms with Crippen LogP contribution in [0.2, 0.25) is 0 Å². The summed E-state index contributed by atoms with van der Waals surface area (Å²) in [6.45, 7) is 5.47. The fraction of sp³-hybridized carbons (Fsp3) is 0.429. The Labute approximate surface area is 108 Å². The number of anilines is 1. The van der Waals surface area contributed by atoms with Gasteiger partial charge in [-0.15, -0.1) is 0 Å². The Balaban J connectivity index is 2.24. The molecular formula is C14H20N4. The van der Waals surface area contributed by atoms with E-state index in [0.717, 1.165) is 17.8 Å². The highest BCUT2D eigenvalue weighted by molar-refractivity contribution is 5.59. The number of nitrogens with two attached hydrogens (primary N) is 1. The molecule has 0 fully saturated rings. The van der Waals surface area contributed by atoms with Gasteiger partial charge in [0.25, 0.3) is 0 Å². The highest BCUT2D eigenvalue weighted by Crippen LogP contribution is 2.21. The molecule has 0 aliphatic carbocycles. The van der Waals surface area contributed by atoms with E-state index in [1.54, 1.807) is 6.20 Å². The number of rotatable bonds is 5. The summed E-state index contributed by atoms with van der Waals surface area (Å²) < 4.78 is 2.20. The third kappa shape index (κ3) is 2.70. The summed E-state index contributed by atoms with van der Waals surface area (Å²) in [6, 6.07) is 3.81. The van der Waals surface area contributed by atoms with Crippen LogP contribution in [0.25, 0.3) is 11.3 Å². The first kappa shape index (κ1) is 12.6. The maximum Gasteiger partial charge on any atom is 0.123 e. The molecule has 0 bridgehead atoms. The number of nitrogens with zero attached hydrogens (tertiary/aromatic N) is 3. The van der Waals surface area contributed by atoms with Gasteiger partial charge in [0.2, 0.25) is 0 Å². The van der Waals surface area contributed by atoms with Crippen LogP contribution in [0.5, 0.6) is 0 Å². The van der Waals surface area contributed by atoms with E-state index in [4.69, 9.17) is 5.73 Å². The summed E-state index contributed by atoms with van der Waals surface area (Å²) in [5.74, 6) is 1.24. The number of nitrogen functional groups attached to an aromatic ring is 1. The molecule has 2 aromatic heterocycles. The minimum atomic E-state index is 0.546. The largest absolute Gasteiger partial charge is 0.384 e. The molecule has 0 amide bonds. The minimum absolute atomic E-state index is 0.546. The third-order valence-corrected chi connectivity index (χ3v) is 3.40. The van der Waals surface area contributed by atoms with Gasteiger partial charge >= 0.3 is 0 Å². The number of pyridine rings is 1. The van der Waals surface area contributed by atoms with Crippen LogP contribution in [0.4, 0.5) is 5.82 Å². The Kier molecular flexibility index (Phi) is 3.97. The van der Waals surface area contributed by atoms with Crippen molar-refractivity contribution in [2.75, 3.05) is 5.73 Å². The van der Waals surface area contributed by atoms with Gasteiger partial charge in [-0.2, -0.15) is 0 Å². The van der Waals surface area contributed by atoms with Gasteiger partial charge in [-0.05, 0) is 18.1 Å². The van der Waals surface area contributed by atoms with Crippen LogP contribution in [-0.2, 0) is 6.54 Å². The zero-order valence-corrected chi connectivity index (χ0v) is 11.0. The topological polar surface area (TPSA) is 56.7 Å². The van der Waals surface area contributed by atoms with Crippen LogP contribution >= 0.6 is 0 Å². The van der Waals surface area contributed by atoms with E-state index in [9.17, 15) is 0 Å². The van der Waals surface area contributed by atoms with E-state index in [1.165, 1.54) is 12.8 Å². The normalized spacial score (nSPS) is 11.1. The van der Waals surface area contributed by atoms with Crippen LogP contribution in [-0.4, -0.2) is 14.5 Å². The molecule has 0 spiro atoms. The van der Waals surface area contributed by atoms with E-state index in [2.05, 4.69) is 28.4 Å². The van der Waals surface area contributed by atoms with E-state index >= 15 is 0 Å². The second-order valence-electron chi connectivity index (χ2n) is 4.59. The summed E-state index contributed by atoms with van der Waals surface area (Å²) in [7, 11) is 0. The van der Waals surface area contributed by atoms with Crippen LogP contribution in [0.15, 0.2) is 30.9 Å². The highest BCUT2D eigenvalue weighted by atomic mass is 15.0. The lowest BCUT2D eigenvalue weighted by atomic mass is 10.0. The molecular weight excluding hydrogens is 224 g/mol. The maximum atomic E-state index is 5.61. The zero-order chi connectivity index (χ0) is 13.0. The van der Waals surface area contributed by atoms with Crippen molar-refractivity contribution in [1.29, 1.82) is 0 Å². The van der Waals surface area contributed by atoms with Gasteiger partial charge in [0.15, 0.2) is 0 Å². The average molecular weight is 244 g/mol. The van der Waals surface area contributed by atoms with Crippen LogP contribution in [0.1, 0.15) is 26.7 Å². The molecule has 0 radical (unpaired) electrons. The fourth-order valence-electron chi connectivity index (χ4n) is 2.09. The van der Waals surface area contributed by atoms with Crippen molar-refractivity contribution in [2.45, 2.75) is 33.2 Å². The minimum Gasteiger partial charge on any atom is -0.384 e. The number of hydrogen-bond acceptors (Lipinski definition) is 3. The summed E-state index contributed by atoms with van der Waals surface area (Å²) in [4.78, 5) is 8.38. The summed E-state index contributed by atoms with van der Waals surface area (Å²) in [6.07, 6.45) is 7.96. The van der Waals surface area contributed by atoms with E-state index in [0.29, 0.717) is 11.7 Å². The van der Waals surface area contributed by atoms with Gasteiger partial charge < -0.3 is 10.3 Å². The molecule has 0 unspecified atom stereocenters. The number of hydrogen-bond donors (Lipinski definition) is 1. The Hall–Kier alpha value is -1.84. The molecule has 0 saturated heterocycles. The SMILES string of the molecule is CCC(CC)Cn1cncc1-c1ccc(N)nc1. The van der Waals surface area contributed by atoms with Crippen molar-refractivity contribution in [3.8, 4) is 11.3 Å². The Bertz CT molecular complexity index is 483. The molecule has 96 valence electrons. The van der Waals surface area contributed by atoms with Gasteiger partial charge in [-0.3, -0.25) is 0 Å². The van der Waals surface area contributed by atoms with Crippen molar-refractivity contribution in [3.05, 3.63) is 30.9 Å². The Morgan fingerprint density at radius 2 is 2.00 bits per heavy atom. The number of imidazole rings is 1. The first-order valence-corrected chi connectivity index (χ1v) is 6.46. The summed E-state index contributed by atoms with van der Waals surface area (Å²) in [5.41, 5.74) is 7.78. The van der Waals surface area contributed by atoms with Gasteiger partial charge in [0.1, 0.15) is 5.82 Å². The lowest BCUT2D eigenvalue weighted by Crippen LogP contribution is -2.09. The van der Waals surface area contributed by atoms with Gasteiger partial charge in [0.05, 0.1) is 18.2 Å². The molecule has 0 aliphatic heterocycles. The molecule has 2 aromatic rings. The lowest BCUT2D eigenvalue weighted by molar-refractivity contribution is 0.420. The van der Waals surface area contributed by atoms with Crippen molar-refractivity contribution in [1.82, 2.24) is 14.5 Å². The van der Waals surface area contributed by atoms with E-state index < -0.39 is 0 Å². The molecule has 2 rings (SSSR count). The first-order valence-electron chi connectivity index (χ1n) is 6.46. The molecule has 0 saturated carbocycles.